The Labute approximate surface area is 202 Å². The number of amides is 1. The summed E-state index contributed by atoms with van der Waals surface area (Å²) in [7, 11) is -3.65. The average molecular weight is 515 g/mol. The number of hydrogen-bond donors (Lipinski definition) is 1. The molecule has 10 heteroatoms. The van der Waals surface area contributed by atoms with Crippen LogP contribution in [0.3, 0.4) is 0 Å². The predicted octanol–water partition coefficient (Wildman–Crippen LogP) is 6.16. The number of carbonyl (C=O) groups excluding carboxylic acids is 1. The Hall–Kier alpha value is -1.71. The maximum atomic E-state index is 13.1. The van der Waals surface area contributed by atoms with E-state index < -0.39 is 15.9 Å². The van der Waals surface area contributed by atoms with E-state index in [1.54, 1.807) is 12.1 Å². The van der Waals surface area contributed by atoms with E-state index in [-0.39, 0.29) is 16.7 Å². The molecule has 0 aliphatic heterocycles. The van der Waals surface area contributed by atoms with Crippen molar-refractivity contribution in [1.82, 2.24) is 9.29 Å². The molecule has 0 aliphatic rings. The molecule has 2 aromatic carbocycles. The number of sulfonamides is 1. The summed E-state index contributed by atoms with van der Waals surface area (Å²) >= 11 is 13.4. The van der Waals surface area contributed by atoms with Gasteiger partial charge in [-0.2, -0.15) is 4.31 Å². The lowest BCUT2D eigenvalue weighted by atomic mass is 10.2. The standard InChI is InChI=1S/C22H25Cl2N3O3S2/c1-13(2)11-27(12-14(3)4)32(29,30)17-7-5-15(6-8-17)21(28)26-22-25-20-18(24)9-16(23)10-19(20)31-22/h5-10,13-14H,11-12H2,1-4H3,(H,25,26,28). The van der Waals surface area contributed by atoms with Crippen LogP contribution >= 0.6 is 34.5 Å². The minimum absolute atomic E-state index is 0.164. The van der Waals surface area contributed by atoms with Crippen molar-refractivity contribution >= 4 is 65.8 Å². The zero-order chi connectivity index (χ0) is 23.6. The van der Waals surface area contributed by atoms with E-state index in [1.165, 1.54) is 39.9 Å². The monoisotopic (exact) mass is 513 g/mol. The summed E-state index contributed by atoms with van der Waals surface area (Å²) in [6.07, 6.45) is 0. The largest absolute Gasteiger partial charge is 0.298 e. The lowest BCUT2D eigenvalue weighted by Crippen LogP contribution is -2.37. The average Bonchev–Trinajstić information content (AvgIpc) is 3.09. The van der Waals surface area contributed by atoms with E-state index >= 15 is 0 Å². The van der Waals surface area contributed by atoms with Crippen LogP contribution in [0.5, 0.6) is 0 Å². The van der Waals surface area contributed by atoms with Gasteiger partial charge in [-0.1, -0.05) is 62.2 Å². The van der Waals surface area contributed by atoms with Gasteiger partial charge >= 0.3 is 0 Å². The molecule has 0 radical (unpaired) electrons. The third-order valence-electron chi connectivity index (χ3n) is 4.53. The molecule has 3 rings (SSSR count). The fraction of sp³-hybridized carbons (Fsp3) is 0.364. The van der Waals surface area contributed by atoms with Gasteiger partial charge in [-0.15, -0.1) is 0 Å². The molecule has 6 nitrogen and oxygen atoms in total. The molecular weight excluding hydrogens is 489 g/mol. The molecule has 0 saturated carbocycles. The van der Waals surface area contributed by atoms with Gasteiger partial charge < -0.3 is 0 Å². The highest BCUT2D eigenvalue weighted by atomic mass is 35.5. The van der Waals surface area contributed by atoms with Crippen LogP contribution in [0.4, 0.5) is 5.13 Å². The SMILES string of the molecule is CC(C)CN(CC(C)C)S(=O)(=O)c1ccc(C(=O)Nc2nc3c(Cl)cc(Cl)cc3s2)cc1. The number of nitrogens with one attached hydrogen (secondary N) is 1. The third-order valence-corrected chi connectivity index (χ3v) is 7.80. The minimum atomic E-state index is -3.65. The Morgan fingerprint density at radius 1 is 1.06 bits per heavy atom. The molecular formula is C22H25Cl2N3O3S2. The Balaban J connectivity index is 1.79. The molecule has 3 aromatic rings. The predicted molar refractivity (Wildman–Crippen MR) is 132 cm³/mol. The highest BCUT2D eigenvalue weighted by Crippen LogP contribution is 2.34. The van der Waals surface area contributed by atoms with E-state index in [1.807, 2.05) is 27.7 Å². The smallest absolute Gasteiger partial charge is 0.257 e. The van der Waals surface area contributed by atoms with E-state index in [2.05, 4.69) is 10.3 Å². The maximum absolute atomic E-state index is 13.1. The fourth-order valence-corrected chi connectivity index (χ4v) is 6.54. The fourth-order valence-electron chi connectivity index (χ4n) is 3.19. The summed E-state index contributed by atoms with van der Waals surface area (Å²) in [6.45, 7) is 8.82. The summed E-state index contributed by atoms with van der Waals surface area (Å²) in [6, 6.07) is 9.26. The summed E-state index contributed by atoms with van der Waals surface area (Å²) < 4.78 is 28.5. The van der Waals surface area contributed by atoms with Crippen molar-refractivity contribution in [2.24, 2.45) is 11.8 Å². The van der Waals surface area contributed by atoms with E-state index in [4.69, 9.17) is 23.2 Å². The zero-order valence-corrected chi connectivity index (χ0v) is 21.4. The van der Waals surface area contributed by atoms with Crippen molar-refractivity contribution in [2.75, 3.05) is 18.4 Å². The number of carbonyl (C=O) groups is 1. The molecule has 0 aliphatic carbocycles. The number of aromatic nitrogens is 1. The van der Waals surface area contributed by atoms with Crippen molar-refractivity contribution in [3.05, 3.63) is 52.0 Å². The third kappa shape index (κ3) is 5.80. The van der Waals surface area contributed by atoms with Crippen LogP contribution in [0.25, 0.3) is 10.2 Å². The van der Waals surface area contributed by atoms with Crippen LogP contribution in [0.1, 0.15) is 38.1 Å². The summed E-state index contributed by atoms with van der Waals surface area (Å²) in [5.41, 5.74) is 0.889. The number of halogens is 2. The first-order valence-electron chi connectivity index (χ1n) is 10.1. The number of hydrogen-bond acceptors (Lipinski definition) is 5. The molecule has 0 spiro atoms. The number of anilines is 1. The van der Waals surface area contributed by atoms with Crippen molar-refractivity contribution in [1.29, 1.82) is 0 Å². The summed E-state index contributed by atoms with van der Waals surface area (Å²) in [4.78, 5) is 17.2. The van der Waals surface area contributed by atoms with Gasteiger partial charge in [0.15, 0.2) is 5.13 Å². The topological polar surface area (TPSA) is 79.4 Å². The van der Waals surface area contributed by atoms with Crippen molar-refractivity contribution < 1.29 is 13.2 Å². The molecule has 1 amide bonds. The molecule has 0 saturated heterocycles. The Bertz CT molecular complexity index is 1210. The second-order valence-electron chi connectivity index (χ2n) is 8.34. The van der Waals surface area contributed by atoms with Crippen molar-refractivity contribution in [3.63, 3.8) is 0 Å². The van der Waals surface area contributed by atoms with E-state index in [9.17, 15) is 13.2 Å². The highest BCUT2D eigenvalue weighted by Gasteiger charge is 2.26. The lowest BCUT2D eigenvalue weighted by Gasteiger charge is -2.25. The first-order chi connectivity index (χ1) is 15.0. The van der Waals surface area contributed by atoms with Crippen LogP contribution in [-0.2, 0) is 10.0 Å². The number of fused-ring (bicyclic) bond motifs is 1. The minimum Gasteiger partial charge on any atom is -0.298 e. The molecule has 0 unspecified atom stereocenters. The zero-order valence-electron chi connectivity index (χ0n) is 18.2. The van der Waals surface area contributed by atoms with Gasteiger partial charge in [0.05, 0.1) is 14.6 Å². The van der Waals surface area contributed by atoms with Gasteiger partial charge in [-0.3, -0.25) is 10.1 Å². The van der Waals surface area contributed by atoms with Crippen LogP contribution in [0, 0.1) is 11.8 Å². The van der Waals surface area contributed by atoms with Crippen LogP contribution in [-0.4, -0.2) is 36.7 Å². The Morgan fingerprint density at radius 3 is 2.22 bits per heavy atom. The maximum Gasteiger partial charge on any atom is 0.257 e. The molecule has 0 atom stereocenters. The molecule has 32 heavy (non-hydrogen) atoms. The van der Waals surface area contributed by atoms with Gasteiger partial charge in [-0.25, -0.2) is 13.4 Å². The van der Waals surface area contributed by atoms with Crippen LogP contribution in [0.2, 0.25) is 10.0 Å². The molecule has 172 valence electrons. The number of rotatable bonds is 8. The van der Waals surface area contributed by atoms with Gasteiger partial charge in [-0.05, 0) is 48.2 Å². The lowest BCUT2D eigenvalue weighted by molar-refractivity contribution is 0.102. The summed E-state index contributed by atoms with van der Waals surface area (Å²) in [5.74, 6) is 0.00739. The summed E-state index contributed by atoms with van der Waals surface area (Å²) in [5, 5.41) is 4.01. The van der Waals surface area contributed by atoms with Crippen LogP contribution in [0.15, 0.2) is 41.3 Å². The van der Waals surface area contributed by atoms with Gasteiger partial charge in [0.1, 0.15) is 5.52 Å². The van der Waals surface area contributed by atoms with Gasteiger partial charge in [0, 0.05) is 23.7 Å². The van der Waals surface area contributed by atoms with Crippen molar-refractivity contribution in [2.45, 2.75) is 32.6 Å². The van der Waals surface area contributed by atoms with Crippen LogP contribution < -0.4 is 5.32 Å². The van der Waals surface area contributed by atoms with E-state index in [0.717, 1.165) is 4.70 Å². The Kier molecular flexibility index (Phi) is 7.83. The molecule has 1 N–H and O–H groups in total. The molecule has 0 fully saturated rings. The second-order valence-corrected chi connectivity index (χ2v) is 12.2. The molecule has 1 aromatic heterocycles. The van der Waals surface area contributed by atoms with Crippen molar-refractivity contribution in [3.8, 4) is 0 Å². The Morgan fingerprint density at radius 2 is 1.66 bits per heavy atom. The second kappa shape index (κ2) is 10.1. The van der Waals surface area contributed by atoms with Gasteiger partial charge in [0.25, 0.3) is 5.91 Å². The van der Waals surface area contributed by atoms with Gasteiger partial charge in [0.2, 0.25) is 10.0 Å². The molecule has 0 bridgehead atoms. The highest BCUT2D eigenvalue weighted by molar-refractivity contribution is 7.89. The van der Waals surface area contributed by atoms with E-state index in [0.29, 0.717) is 39.3 Å². The first kappa shape index (κ1) is 24.9. The quantitative estimate of drug-likeness (QED) is 0.391. The normalized spacial score (nSPS) is 12.3. The number of thiazole rings is 1. The number of benzene rings is 2. The number of nitrogens with zero attached hydrogens (tertiary/aromatic N) is 2. The first-order valence-corrected chi connectivity index (χ1v) is 13.2. The molecule has 1 heterocycles.